The van der Waals surface area contributed by atoms with Gasteiger partial charge in [-0.3, -0.25) is 0 Å². The van der Waals surface area contributed by atoms with Crippen LogP contribution in [0.4, 0.5) is 5.82 Å². The van der Waals surface area contributed by atoms with Crippen LogP contribution in [0.25, 0.3) is 0 Å². The molecule has 8 heteroatoms. The molecule has 0 radical (unpaired) electrons. The molecule has 0 bridgehead atoms. The number of piperidine rings is 1. The van der Waals surface area contributed by atoms with E-state index in [1.807, 2.05) is 20.8 Å². The normalized spacial score (nSPS) is 27.6. The Morgan fingerprint density at radius 1 is 1.32 bits per heavy atom. The van der Waals surface area contributed by atoms with Crippen LogP contribution in [0.15, 0.2) is 12.4 Å². The van der Waals surface area contributed by atoms with E-state index < -0.39 is 11.0 Å². The van der Waals surface area contributed by atoms with Crippen molar-refractivity contribution in [3.05, 3.63) is 17.5 Å². The topological polar surface area (TPSA) is 67.3 Å². The summed E-state index contributed by atoms with van der Waals surface area (Å²) in [5.74, 6) is 0.744. The van der Waals surface area contributed by atoms with Gasteiger partial charge in [-0.1, -0.05) is 11.6 Å². The lowest BCUT2D eigenvalue weighted by molar-refractivity contribution is 0.0973. The van der Waals surface area contributed by atoms with E-state index in [-0.39, 0.29) is 22.3 Å². The minimum Gasteiger partial charge on any atom is -0.376 e. The molecule has 140 valence electrons. The highest BCUT2D eigenvalue weighted by Gasteiger charge is 2.50. The molecule has 6 nitrogen and oxygen atoms in total. The van der Waals surface area contributed by atoms with Crippen LogP contribution in [0, 0.1) is 5.41 Å². The highest BCUT2D eigenvalue weighted by molar-refractivity contribution is 7.84. The van der Waals surface area contributed by atoms with Gasteiger partial charge in [-0.05, 0) is 40.5 Å². The Kier molecular flexibility index (Phi) is 5.40. The highest BCUT2D eigenvalue weighted by atomic mass is 35.5. The van der Waals surface area contributed by atoms with Crippen LogP contribution in [0.3, 0.4) is 0 Å². The van der Waals surface area contributed by atoms with Crippen molar-refractivity contribution in [1.29, 1.82) is 0 Å². The van der Waals surface area contributed by atoms with Gasteiger partial charge < -0.3 is 9.64 Å². The molecule has 1 unspecified atom stereocenters. The molecular formula is C17H27ClN4O2S. The molecule has 3 heterocycles. The van der Waals surface area contributed by atoms with E-state index in [4.69, 9.17) is 16.3 Å². The first-order valence-electron chi connectivity index (χ1n) is 8.74. The first-order chi connectivity index (χ1) is 11.7. The maximum atomic E-state index is 12.6. The zero-order valence-corrected chi connectivity index (χ0v) is 16.9. The molecule has 1 aromatic rings. The Morgan fingerprint density at radius 2 is 1.96 bits per heavy atom. The zero-order chi connectivity index (χ0) is 18.2. The second-order valence-corrected chi connectivity index (χ2v) is 10.4. The molecule has 3 atom stereocenters. The summed E-state index contributed by atoms with van der Waals surface area (Å²) in [4.78, 5) is 10.7. The molecule has 2 fully saturated rings. The van der Waals surface area contributed by atoms with Crippen molar-refractivity contribution in [2.24, 2.45) is 5.41 Å². The minimum atomic E-state index is -1.11. The maximum absolute atomic E-state index is 12.6. The monoisotopic (exact) mass is 386 g/mol. The van der Waals surface area contributed by atoms with Crippen LogP contribution < -0.4 is 9.62 Å². The largest absolute Gasteiger partial charge is 0.376 e. The Labute approximate surface area is 157 Å². The number of aromatic nitrogens is 2. The molecule has 1 spiro atoms. The summed E-state index contributed by atoms with van der Waals surface area (Å²) in [7, 11) is -1.11. The van der Waals surface area contributed by atoms with Crippen molar-refractivity contribution < 1.29 is 8.95 Å². The minimum absolute atomic E-state index is 0.00547. The first kappa shape index (κ1) is 19.0. The highest BCUT2D eigenvalue weighted by Crippen LogP contribution is 2.43. The third-order valence-corrected chi connectivity index (χ3v) is 7.09. The van der Waals surface area contributed by atoms with Crippen LogP contribution >= 0.6 is 11.6 Å². The van der Waals surface area contributed by atoms with Gasteiger partial charge in [0.25, 0.3) is 0 Å². The van der Waals surface area contributed by atoms with Gasteiger partial charge in [0.15, 0.2) is 11.0 Å². The summed E-state index contributed by atoms with van der Waals surface area (Å²) in [6, 6.07) is 0.0898. The van der Waals surface area contributed by atoms with E-state index >= 15 is 0 Å². The van der Waals surface area contributed by atoms with Gasteiger partial charge in [-0.2, -0.15) is 0 Å². The third kappa shape index (κ3) is 3.84. The SMILES string of the molecule is C[C@@H]1OCC2(CCN(c3nccnc3Cl)CC2)[C@@H]1NS(=O)C(C)(C)C. The van der Waals surface area contributed by atoms with Crippen molar-refractivity contribution in [2.45, 2.75) is 57.4 Å². The molecule has 2 aliphatic rings. The standard InChI is InChI=1S/C17H27ClN4O2S/c1-12-13(21-25(23)16(2,3)4)17(11-24-12)5-9-22(10-6-17)15-14(18)19-7-8-20-15/h7-8,12-13,21H,5-6,9-11H2,1-4H3/t12-,13+,25?/m0/s1. The van der Waals surface area contributed by atoms with Crippen LogP contribution in [0.2, 0.25) is 5.15 Å². The average molecular weight is 387 g/mol. The van der Waals surface area contributed by atoms with Crippen molar-refractivity contribution in [3.8, 4) is 0 Å². The summed E-state index contributed by atoms with van der Waals surface area (Å²) < 4.78 is 21.7. The average Bonchev–Trinajstić information content (AvgIpc) is 2.85. The van der Waals surface area contributed by atoms with Crippen LogP contribution in [-0.2, 0) is 15.7 Å². The number of nitrogens with zero attached hydrogens (tertiary/aromatic N) is 3. The van der Waals surface area contributed by atoms with Crippen molar-refractivity contribution >= 4 is 28.4 Å². The number of ether oxygens (including phenoxy) is 1. The first-order valence-corrected chi connectivity index (χ1v) is 10.3. The van der Waals surface area contributed by atoms with Gasteiger partial charge in [-0.15, -0.1) is 0 Å². The van der Waals surface area contributed by atoms with Gasteiger partial charge in [0, 0.05) is 30.9 Å². The van der Waals surface area contributed by atoms with E-state index in [1.165, 1.54) is 0 Å². The summed E-state index contributed by atoms with van der Waals surface area (Å²) in [6.07, 6.45) is 5.22. The zero-order valence-electron chi connectivity index (χ0n) is 15.3. The summed E-state index contributed by atoms with van der Waals surface area (Å²) in [6.45, 7) is 10.4. The predicted molar refractivity (Wildman–Crippen MR) is 101 cm³/mol. The van der Waals surface area contributed by atoms with E-state index in [1.54, 1.807) is 12.4 Å². The molecule has 1 aromatic heterocycles. The summed E-state index contributed by atoms with van der Waals surface area (Å²) in [5.41, 5.74) is 0.00547. The number of rotatable bonds is 3. The van der Waals surface area contributed by atoms with E-state index in [9.17, 15) is 4.21 Å². The fourth-order valence-corrected chi connectivity index (χ4v) is 4.89. The number of hydrogen-bond acceptors (Lipinski definition) is 5. The Bertz CT molecular complexity index is 644. The number of nitrogens with one attached hydrogen (secondary N) is 1. The number of halogens is 1. The second-order valence-electron chi connectivity index (χ2n) is 8.01. The van der Waals surface area contributed by atoms with Crippen LogP contribution in [0.1, 0.15) is 40.5 Å². The lowest BCUT2D eigenvalue weighted by Gasteiger charge is -2.43. The van der Waals surface area contributed by atoms with Crippen molar-refractivity contribution in [3.63, 3.8) is 0 Å². The molecule has 25 heavy (non-hydrogen) atoms. The third-order valence-electron chi connectivity index (χ3n) is 5.25. The molecule has 0 saturated carbocycles. The van der Waals surface area contributed by atoms with E-state index in [0.717, 1.165) is 31.7 Å². The number of anilines is 1. The van der Waals surface area contributed by atoms with Gasteiger partial charge in [0.1, 0.15) is 0 Å². The second kappa shape index (κ2) is 7.10. The summed E-state index contributed by atoms with van der Waals surface area (Å²) >= 11 is 6.19. The van der Waals surface area contributed by atoms with E-state index in [2.05, 4.69) is 26.5 Å². The Hall–Kier alpha value is -0.760. The molecule has 0 amide bonds. The Balaban J connectivity index is 1.72. The van der Waals surface area contributed by atoms with Gasteiger partial charge >= 0.3 is 0 Å². The fourth-order valence-electron chi connectivity index (χ4n) is 3.64. The molecule has 2 saturated heterocycles. The Morgan fingerprint density at radius 3 is 2.56 bits per heavy atom. The van der Waals surface area contributed by atoms with E-state index in [0.29, 0.717) is 11.8 Å². The van der Waals surface area contributed by atoms with Gasteiger partial charge in [0.05, 0.1) is 34.5 Å². The fraction of sp³-hybridized carbons (Fsp3) is 0.765. The molecule has 3 rings (SSSR count). The predicted octanol–water partition coefficient (Wildman–Crippen LogP) is 2.56. The van der Waals surface area contributed by atoms with Crippen molar-refractivity contribution in [1.82, 2.24) is 14.7 Å². The van der Waals surface area contributed by atoms with Crippen LogP contribution in [0.5, 0.6) is 0 Å². The van der Waals surface area contributed by atoms with Gasteiger partial charge in [-0.25, -0.2) is 18.9 Å². The lowest BCUT2D eigenvalue weighted by Crippen LogP contribution is -2.55. The van der Waals surface area contributed by atoms with Crippen LogP contribution in [-0.4, -0.2) is 50.8 Å². The molecular weight excluding hydrogens is 360 g/mol. The smallest absolute Gasteiger partial charge is 0.171 e. The lowest BCUT2D eigenvalue weighted by atomic mass is 9.73. The van der Waals surface area contributed by atoms with Gasteiger partial charge in [0.2, 0.25) is 0 Å². The number of hydrogen-bond donors (Lipinski definition) is 1. The molecule has 2 aliphatic heterocycles. The quantitative estimate of drug-likeness (QED) is 0.864. The maximum Gasteiger partial charge on any atom is 0.171 e. The molecule has 0 aliphatic carbocycles. The van der Waals surface area contributed by atoms with Crippen molar-refractivity contribution in [2.75, 3.05) is 24.6 Å². The summed E-state index contributed by atoms with van der Waals surface area (Å²) in [5, 5.41) is 0.443. The molecule has 1 N–H and O–H groups in total. The molecule has 0 aromatic carbocycles.